The molecule has 0 fully saturated rings. The van der Waals surface area contributed by atoms with E-state index in [1.54, 1.807) is 6.20 Å². The highest BCUT2D eigenvalue weighted by Gasteiger charge is 2.26. The van der Waals surface area contributed by atoms with Crippen LogP contribution < -0.4 is 10.1 Å². The first kappa shape index (κ1) is 13.0. The molecule has 0 spiro atoms. The van der Waals surface area contributed by atoms with Crippen LogP contribution in [0.4, 0.5) is 5.13 Å². The summed E-state index contributed by atoms with van der Waals surface area (Å²) in [7, 11) is 0. The van der Waals surface area contributed by atoms with Gasteiger partial charge in [0.05, 0.1) is 0 Å². The molecule has 0 atom stereocenters. The Kier molecular flexibility index (Phi) is 2.93. The average molecular weight is 312 g/mol. The summed E-state index contributed by atoms with van der Waals surface area (Å²) >= 11 is 1.43. The van der Waals surface area contributed by atoms with Gasteiger partial charge >= 0.3 is 0 Å². The number of aromatic amines is 1. The van der Waals surface area contributed by atoms with Crippen molar-refractivity contribution >= 4 is 22.4 Å². The fraction of sp³-hybridized carbons (Fsp3) is 0.133. The van der Waals surface area contributed by atoms with Crippen LogP contribution in [-0.2, 0) is 6.61 Å². The van der Waals surface area contributed by atoms with Gasteiger partial charge in [0, 0.05) is 22.2 Å². The summed E-state index contributed by atoms with van der Waals surface area (Å²) in [6.07, 6.45) is 1.72. The summed E-state index contributed by atoms with van der Waals surface area (Å²) in [6, 6.07) is 7.66. The molecular formula is C15H12N4O2S. The van der Waals surface area contributed by atoms with Crippen LogP contribution in [-0.4, -0.2) is 21.1 Å². The van der Waals surface area contributed by atoms with E-state index in [2.05, 4.69) is 20.5 Å². The van der Waals surface area contributed by atoms with Gasteiger partial charge in [-0.2, -0.15) is 5.10 Å². The maximum atomic E-state index is 12.4. The van der Waals surface area contributed by atoms with Gasteiger partial charge in [-0.15, -0.1) is 11.3 Å². The molecule has 2 N–H and O–H groups in total. The van der Waals surface area contributed by atoms with Crippen molar-refractivity contribution in [3.8, 4) is 17.0 Å². The molecule has 0 aliphatic carbocycles. The van der Waals surface area contributed by atoms with E-state index in [1.165, 1.54) is 11.3 Å². The number of aromatic nitrogens is 3. The van der Waals surface area contributed by atoms with Gasteiger partial charge in [0.15, 0.2) is 5.13 Å². The lowest BCUT2D eigenvalue weighted by Gasteiger charge is -2.16. The highest BCUT2D eigenvalue weighted by atomic mass is 32.1. The first-order chi connectivity index (χ1) is 10.7. The smallest absolute Gasteiger partial charge is 0.275 e. The first-order valence-corrected chi connectivity index (χ1v) is 7.57. The number of aryl methyl sites for hydroxylation is 1. The van der Waals surface area contributed by atoms with Crippen molar-refractivity contribution in [3.05, 3.63) is 46.6 Å². The fourth-order valence-electron chi connectivity index (χ4n) is 2.43. The van der Waals surface area contributed by atoms with Gasteiger partial charge in [-0.25, -0.2) is 4.98 Å². The van der Waals surface area contributed by atoms with Crippen LogP contribution in [0.5, 0.6) is 5.75 Å². The van der Waals surface area contributed by atoms with Gasteiger partial charge in [0.25, 0.3) is 5.91 Å². The standard InChI is InChI=1S/C15H12N4O2S/c1-8-6-16-15(22-8)17-14(20)13-10-7-21-11-5-3-2-4-9(11)12(10)18-19-13/h2-6H,7H2,1H3,(H,18,19)(H,16,17,20). The number of anilines is 1. The molecule has 0 bridgehead atoms. The molecule has 0 saturated heterocycles. The summed E-state index contributed by atoms with van der Waals surface area (Å²) < 4.78 is 5.70. The maximum absolute atomic E-state index is 12.4. The number of hydrogen-bond donors (Lipinski definition) is 2. The van der Waals surface area contributed by atoms with Gasteiger partial charge in [-0.05, 0) is 19.1 Å². The number of nitrogens with one attached hydrogen (secondary N) is 2. The van der Waals surface area contributed by atoms with Crippen LogP contribution in [0, 0.1) is 6.92 Å². The molecule has 1 aliphatic rings. The maximum Gasteiger partial charge on any atom is 0.275 e. The van der Waals surface area contributed by atoms with E-state index in [-0.39, 0.29) is 5.91 Å². The number of rotatable bonds is 2. The Bertz CT molecular complexity index is 868. The molecular weight excluding hydrogens is 300 g/mol. The number of benzene rings is 1. The van der Waals surface area contributed by atoms with Crippen molar-refractivity contribution in [2.24, 2.45) is 0 Å². The monoisotopic (exact) mass is 312 g/mol. The van der Waals surface area contributed by atoms with E-state index in [0.29, 0.717) is 17.4 Å². The van der Waals surface area contributed by atoms with E-state index < -0.39 is 0 Å². The van der Waals surface area contributed by atoms with Crippen LogP contribution in [0.3, 0.4) is 0 Å². The lowest BCUT2D eigenvalue weighted by Crippen LogP contribution is -2.16. The first-order valence-electron chi connectivity index (χ1n) is 6.75. The molecule has 3 heterocycles. The molecule has 2 aromatic heterocycles. The van der Waals surface area contributed by atoms with Crippen molar-refractivity contribution in [1.82, 2.24) is 15.2 Å². The molecule has 0 unspecified atom stereocenters. The van der Waals surface area contributed by atoms with Gasteiger partial charge in [0.1, 0.15) is 23.7 Å². The number of thiazole rings is 1. The summed E-state index contributed by atoms with van der Waals surface area (Å²) in [5.74, 6) is 0.523. The zero-order chi connectivity index (χ0) is 15.1. The molecule has 3 aromatic rings. The van der Waals surface area contributed by atoms with E-state index >= 15 is 0 Å². The number of para-hydroxylation sites is 1. The lowest BCUT2D eigenvalue weighted by atomic mass is 10.0. The van der Waals surface area contributed by atoms with Crippen molar-refractivity contribution in [3.63, 3.8) is 0 Å². The Morgan fingerprint density at radius 3 is 3.09 bits per heavy atom. The van der Waals surface area contributed by atoms with Gasteiger partial charge in [-0.1, -0.05) is 12.1 Å². The van der Waals surface area contributed by atoms with Gasteiger partial charge in [-0.3, -0.25) is 15.2 Å². The quantitative estimate of drug-likeness (QED) is 0.762. The Morgan fingerprint density at radius 1 is 1.41 bits per heavy atom. The fourth-order valence-corrected chi connectivity index (χ4v) is 3.09. The van der Waals surface area contributed by atoms with E-state index in [4.69, 9.17) is 4.74 Å². The molecule has 4 rings (SSSR count). The second-order valence-electron chi connectivity index (χ2n) is 4.94. The SMILES string of the molecule is Cc1cnc(NC(=O)c2[nH]nc3c2COc2ccccc2-3)s1. The van der Waals surface area contributed by atoms with Crippen molar-refractivity contribution in [2.45, 2.75) is 13.5 Å². The largest absolute Gasteiger partial charge is 0.488 e. The van der Waals surface area contributed by atoms with Crippen molar-refractivity contribution < 1.29 is 9.53 Å². The molecule has 0 radical (unpaired) electrons. The minimum absolute atomic E-state index is 0.258. The zero-order valence-electron chi connectivity index (χ0n) is 11.7. The van der Waals surface area contributed by atoms with Gasteiger partial charge < -0.3 is 4.74 Å². The second kappa shape index (κ2) is 4.96. The molecule has 110 valence electrons. The summed E-state index contributed by atoms with van der Waals surface area (Å²) in [6.45, 7) is 2.26. The van der Waals surface area contributed by atoms with E-state index in [1.807, 2.05) is 31.2 Å². The Hall–Kier alpha value is -2.67. The molecule has 0 saturated carbocycles. The third-order valence-corrected chi connectivity index (χ3v) is 4.28. The number of hydrogen-bond acceptors (Lipinski definition) is 5. The van der Waals surface area contributed by atoms with Crippen LogP contribution in [0.25, 0.3) is 11.3 Å². The highest BCUT2D eigenvalue weighted by Crippen LogP contribution is 2.37. The van der Waals surface area contributed by atoms with Crippen LogP contribution >= 0.6 is 11.3 Å². The predicted octanol–water partition coefficient (Wildman–Crippen LogP) is 2.99. The number of nitrogens with zero attached hydrogens (tertiary/aromatic N) is 2. The van der Waals surface area contributed by atoms with Crippen LogP contribution in [0.1, 0.15) is 20.9 Å². The highest BCUT2D eigenvalue weighted by molar-refractivity contribution is 7.15. The third kappa shape index (κ3) is 2.06. The van der Waals surface area contributed by atoms with Gasteiger partial charge in [0.2, 0.25) is 0 Å². The minimum atomic E-state index is -0.258. The van der Waals surface area contributed by atoms with Crippen molar-refractivity contribution in [1.29, 1.82) is 0 Å². The predicted molar refractivity (Wildman–Crippen MR) is 83.2 cm³/mol. The second-order valence-corrected chi connectivity index (χ2v) is 6.18. The van der Waals surface area contributed by atoms with Crippen LogP contribution in [0.2, 0.25) is 0 Å². The number of carbonyl (C=O) groups excluding carboxylic acids is 1. The molecule has 22 heavy (non-hydrogen) atoms. The van der Waals surface area contributed by atoms with Crippen LogP contribution in [0.15, 0.2) is 30.5 Å². The summed E-state index contributed by atoms with van der Waals surface area (Å²) in [5, 5.41) is 10.5. The minimum Gasteiger partial charge on any atom is -0.488 e. The number of H-pyrrole nitrogens is 1. The molecule has 6 nitrogen and oxygen atoms in total. The Morgan fingerprint density at radius 2 is 2.27 bits per heavy atom. The molecule has 1 amide bonds. The summed E-state index contributed by atoms with van der Waals surface area (Å²) in [4.78, 5) is 17.6. The molecule has 7 heteroatoms. The summed E-state index contributed by atoms with van der Waals surface area (Å²) in [5.41, 5.74) is 2.84. The van der Waals surface area contributed by atoms with Crippen molar-refractivity contribution in [2.75, 3.05) is 5.32 Å². The molecule has 1 aliphatic heterocycles. The van der Waals surface area contributed by atoms with E-state index in [0.717, 1.165) is 27.4 Å². The zero-order valence-corrected chi connectivity index (χ0v) is 12.5. The average Bonchev–Trinajstić information content (AvgIpc) is 3.13. The third-order valence-electron chi connectivity index (χ3n) is 3.45. The normalized spacial score (nSPS) is 12.2. The number of fused-ring (bicyclic) bond motifs is 3. The Labute approximate surface area is 130 Å². The molecule has 1 aromatic carbocycles. The Balaban J connectivity index is 1.68. The number of amides is 1. The topological polar surface area (TPSA) is 79.9 Å². The lowest BCUT2D eigenvalue weighted by molar-refractivity contribution is 0.102. The van der Waals surface area contributed by atoms with E-state index in [9.17, 15) is 4.79 Å². The number of carbonyl (C=O) groups is 1. The number of ether oxygens (including phenoxy) is 1.